The highest BCUT2D eigenvalue weighted by molar-refractivity contribution is 5.76. The van der Waals surface area contributed by atoms with Gasteiger partial charge in [-0.2, -0.15) is 0 Å². The summed E-state index contributed by atoms with van der Waals surface area (Å²) in [5, 5.41) is 6.24. The molecular formula is C14H27N3O2. The maximum absolute atomic E-state index is 11.8. The summed E-state index contributed by atoms with van der Waals surface area (Å²) in [6.45, 7) is 8.79. The Morgan fingerprint density at radius 2 is 2.21 bits per heavy atom. The molecule has 2 rings (SSSR count). The number of hydrogen-bond acceptors (Lipinski definition) is 4. The molecule has 0 saturated carbocycles. The molecule has 2 aliphatic heterocycles. The third-order valence-corrected chi connectivity index (χ3v) is 4.04. The number of carbonyl (C=O) groups excluding carboxylic acids is 1. The van der Waals surface area contributed by atoms with Gasteiger partial charge in [0.05, 0.1) is 19.1 Å². The van der Waals surface area contributed by atoms with Gasteiger partial charge in [0.25, 0.3) is 0 Å². The number of rotatable bonds is 5. The number of likely N-dealkylation sites (tertiary alicyclic amines) is 1. The minimum absolute atomic E-state index is 0.0459. The Kier molecular flexibility index (Phi) is 6.07. The lowest BCUT2D eigenvalue weighted by atomic mass is 9.99. The zero-order valence-electron chi connectivity index (χ0n) is 12.0. The fourth-order valence-corrected chi connectivity index (χ4v) is 2.67. The molecule has 0 radical (unpaired) electrons. The Bertz CT molecular complexity index is 272. The molecule has 2 N–H and O–H groups in total. The third kappa shape index (κ3) is 5.47. The van der Waals surface area contributed by atoms with Crippen molar-refractivity contribution in [2.45, 2.75) is 32.3 Å². The number of amides is 1. The number of nitrogens with zero attached hydrogens (tertiary/aromatic N) is 1. The van der Waals surface area contributed by atoms with Crippen LogP contribution < -0.4 is 10.6 Å². The van der Waals surface area contributed by atoms with E-state index in [2.05, 4.69) is 22.5 Å². The number of ether oxygens (including phenoxy) is 1. The van der Waals surface area contributed by atoms with Gasteiger partial charge < -0.3 is 20.3 Å². The van der Waals surface area contributed by atoms with Crippen LogP contribution in [0.15, 0.2) is 0 Å². The molecule has 2 heterocycles. The first-order chi connectivity index (χ1) is 9.24. The standard InChI is InChI=1S/C14H27N3O2/c1-12-2-6-17(7-3-12)8-4-16-14(18)10-13-11-15-5-9-19-13/h12-13,15H,2-11H2,1H3,(H,16,18). The first-order valence-electron chi connectivity index (χ1n) is 7.55. The number of nitrogens with one attached hydrogen (secondary N) is 2. The second-order valence-corrected chi connectivity index (χ2v) is 5.78. The minimum Gasteiger partial charge on any atom is -0.375 e. The highest BCUT2D eigenvalue weighted by atomic mass is 16.5. The van der Waals surface area contributed by atoms with Crippen molar-refractivity contribution in [3.8, 4) is 0 Å². The molecule has 19 heavy (non-hydrogen) atoms. The zero-order valence-corrected chi connectivity index (χ0v) is 12.0. The molecule has 2 aliphatic rings. The Morgan fingerprint density at radius 3 is 2.89 bits per heavy atom. The Labute approximate surface area is 116 Å². The summed E-state index contributed by atoms with van der Waals surface area (Å²) in [5.41, 5.74) is 0. The van der Waals surface area contributed by atoms with Crippen LogP contribution in [0, 0.1) is 5.92 Å². The minimum atomic E-state index is 0.0459. The highest BCUT2D eigenvalue weighted by Gasteiger charge is 2.18. The molecule has 1 atom stereocenters. The van der Waals surface area contributed by atoms with E-state index in [-0.39, 0.29) is 12.0 Å². The summed E-state index contributed by atoms with van der Waals surface area (Å²) in [4.78, 5) is 14.2. The number of piperidine rings is 1. The number of carbonyl (C=O) groups is 1. The molecule has 0 aromatic heterocycles. The average molecular weight is 269 g/mol. The summed E-state index contributed by atoms with van der Waals surface area (Å²) in [5.74, 6) is 0.973. The lowest BCUT2D eigenvalue weighted by Gasteiger charge is -2.30. The molecular weight excluding hydrogens is 242 g/mol. The molecule has 0 aliphatic carbocycles. The van der Waals surface area contributed by atoms with Gasteiger partial charge in [0.1, 0.15) is 0 Å². The van der Waals surface area contributed by atoms with Gasteiger partial charge >= 0.3 is 0 Å². The van der Waals surface area contributed by atoms with Gasteiger partial charge in [0.2, 0.25) is 5.91 Å². The van der Waals surface area contributed by atoms with Gasteiger partial charge in [0, 0.05) is 26.2 Å². The Hall–Kier alpha value is -0.650. The van der Waals surface area contributed by atoms with Crippen molar-refractivity contribution in [3.05, 3.63) is 0 Å². The Balaban J connectivity index is 1.53. The largest absolute Gasteiger partial charge is 0.375 e. The summed E-state index contributed by atoms with van der Waals surface area (Å²) in [6, 6.07) is 0. The molecule has 0 aromatic rings. The van der Waals surface area contributed by atoms with Gasteiger partial charge in [-0.1, -0.05) is 6.92 Å². The quantitative estimate of drug-likeness (QED) is 0.749. The normalized spacial score (nSPS) is 26.3. The molecule has 2 fully saturated rings. The molecule has 5 nitrogen and oxygen atoms in total. The molecule has 1 unspecified atom stereocenters. The fourth-order valence-electron chi connectivity index (χ4n) is 2.67. The van der Waals surface area contributed by atoms with E-state index in [0.29, 0.717) is 13.0 Å². The van der Waals surface area contributed by atoms with Crippen molar-refractivity contribution in [2.24, 2.45) is 5.92 Å². The van der Waals surface area contributed by atoms with Crippen LogP contribution in [0.2, 0.25) is 0 Å². The number of hydrogen-bond donors (Lipinski definition) is 2. The van der Waals surface area contributed by atoms with Crippen molar-refractivity contribution in [2.75, 3.05) is 45.9 Å². The van der Waals surface area contributed by atoms with Gasteiger partial charge in [-0.05, 0) is 31.8 Å². The van der Waals surface area contributed by atoms with Crippen molar-refractivity contribution in [1.82, 2.24) is 15.5 Å². The van der Waals surface area contributed by atoms with Gasteiger partial charge in [-0.3, -0.25) is 4.79 Å². The van der Waals surface area contributed by atoms with Crippen LogP contribution in [0.1, 0.15) is 26.2 Å². The van der Waals surface area contributed by atoms with Crippen molar-refractivity contribution in [1.29, 1.82) is 0 Å². The maximum atomic E-state index is 11.8. The SMILES string of the molecule is CC1CCN(CCNC(=O)CC2CNCCO2)CC1. The molecule has 0 bridgehead atoms. The van der Waals surface area contributed by atoms with Crippen LogP contribution in [-0.4, -0.2) is 62.8 Å². The molecule has 0 aromatic carbocycles. The monoisotopic (exact) mass is 269 g/mol. The highest BCUT2D eigenvalue weighted by Crippen LogP contribution is 2.15. The fraction of sp³-hybridized carbons (Fsp3) is 0.929. The van der Waals surface area contributed by atoms with Crippen LogP contribution in [0.5, 0.6) is 0 Å². The van der Waals surface area contributed by atoms with Crippen molar-refractivity contribution < 1.29 is 9.53 Å². The first kappa shape index (κ1) is 14.8. The van der Waals surface area contributed by atoms with Gasteiger partial charge in [-0.25, -0.2) is 0 Å². The summed E-state index contributed by atoms with van der Waals surface area (Å²) < 4.78 is 5.52. The molecule has 1 amide bonds. The molecule has 5 heteroatoms. The molecule has 2 saturated heterocycles. The van der Waals surface area contributed by atoms with Crippen molar-refractivity contribution in [3.63, 3.8) is 0 Å². The van der Waals surface area contributed by atoms with E-state index in [0.717, 1.165) is 32.1 Å². The Morgan fingerprint density at radius 1 is 1.42 bits per heavy atom. The lowest BCUT2D eigenvalue weighted by molar-refractivity contribution is -0.124. The van der Waals surface area contributed by atoms with Crippen molar-refractivity contribution >= 4 is 5.91 Å². The van der Waals surface area contributed by atoms with E-state index in [4.69, 9.17) is 4.74 Å². The van der Waals surface area contributed by atoms with Crippen LogP contribution >= 0.6 is 0 Å². The molecule has 0 spiro atoms. The second kappa shape index (κ2) is 7.82. The van der Waals surface area contributed by atoms with Crippen LogP contribution in [0.25, 0.3) is 0 Å². The van der Waals surface area contributed by atoms with Gasteiger partial charge in [-0.15, -0.1) is 0 Å². The topological polar surface area (TPSA) is 53.6 Å². The predicted octanol–water partition coefficient (Wildman–Crippen LogP) is 0.213. The van der Waals surface area contributed by atoms with E-state index >= 15 is 0 Å². The zero-order chi connectivity index (χ0) is 13.5. The first-order valence-corrected chi connectivity index (χ1v) is 7.55. The van der Waals surface area contributed by atoms with E-state index in [1.807, 2.05) is 0 Å². The summed E-state index contributed by atoms with van der Waals surface area (Å²) in [6.07, 6.45) is 3.10. The van der Waals surface area contributed by atoms with Crippen LogP contribution in [-0.2, 0) is 9.53 Å². The lowest BCUT2D eigenvalue weighted by Crippen LogP contribution is -2.43. The number of morpholine rings is 1. The smallest absolute Gasteiger partial charge is 0.222 e. The second-order valence-electron chi connectivity index (χ2n) is 5.78. The van der Waals surface area contributed by atoms with E-state index < -0.39 is 0 Å². The van der Waals surface area contributed by atoms with E-state index in [1.54, 1.807) is 0 Å². The van der Waals surface area contributed by atoms with E-state index in [9.17, 15) is 4.79 Å². The van der Waals surface area contributed by atoms with Gasteiger partial charge in [0.15, 0.2) is 0 Å². The van der Waals surface area contributed by atoms with Crippen LogP contribution in [0.3, 0.4) is 0 Å². The maximum Gasteiger partial charge on any atom is 0.222 e. The predicted molar refractivity (Wildman–Crippen MR) is 75.1 cm³/mol. The molecule has 110 valence electrons. The summed E-state index contributed by atoms with van der Waals surface area (Å²) >= 11 is 0. The van der Waals surface area contributed by atoms with Crippen LogP contribution in [0.4, 0.5) is 0 Å². The summed E-state index contributed by atoms with van der Waals surface area (Å²) in [7, 11) is 0. The third-order valence-electron chi connectivity index (χ3n) is 4.04. The average Bonchev–Trinajstić information content (AvgIpc) is 2.42. The van der Waals surface area contributed by atoms with E-state index in [1.165, 1.54) is 25.9 Å².